The van der Waals surface area contributed by atoms with Crippen LogP contribution in [0.3, 0.4) is 0 Å². The number of rotatable bonds is 3. The predicted molar refractivity (Wildman–Crippen MR) is 39.7 cm³/mol. The van der Waals surface area contributed by atoms with E-state index in [1.807, 2.05) is 0 Å². The monoisotopic (exact) mass is 180 g/mol. The zero-order valence-electron chi connectivity index (χ0n) is 6.98. The first-order chi connectivity index (χ1) is 5.37. The Morgan fingerprint density at radius 3 is 2.33 bits per heavy atom. The van der Waals surface area contributed by atoms with E-state index >= 15 is 0 Å². The average Bonchev–Trinajstić information content (AvgIpc) is 1.97. The minimum absolute atomic E-state index is 0.0263. The van der Waals surface area contributed by atoms with Gasteiger partial charge >= 0.3 is 6.18 Å². The van der Waals surface area contributed by atoms with Gasteiger partial charge in [0.05, 0.1) is 0 Å². The summed E-state index contributed by atoms with van der Waals surface area (Å²) < 4.78 is 34.6. The van der Waals surface area contributed by atoms with Crippen LogP contribution in [-0.2, 0) is 4.79 Å². The molecule has 0 rings (SSSR count). The first kappa shape index (κ1) is 11.2. The Morgan fingerprint density at radius 2 is 2.00 bits per heavy atom. The molecule has 0 bridgehead atoms. The third-order valence-electron chi connectivity index (χ3n) is 1.53. The topological polar surface area (TPSA) is 17.1 Å². The lowest BCUT2D eigenvalue weighted by Crippen LogP contribution is -2.09. The number of carbonyl (C=O) groups excluding carboxylic acids is 1. The standard InChI is InChI=1S/C8H11F3O/c1-3-6(2)7(12)4-5-8(9,10)11/h4-6H,3H2,1-2H3/b5-4+. The SMILES string of the molecule is CCC(C)C(=O)/C=C/C(F)(F)F. The van der Waals surface area contributed by atoms with Gasteiger partial charge < -0.3 is 0 Å². The second-order valence-electron chi connectivity index (χ2n) is 2.59. The van der Waals surface area contributed by atoms with Crippen molar-refractivity contribution < 1.29 is 18.0 Å². The summed E-state index contributed by atoms with van der Waals surface area (Å²) in [5, 5.41) is 0. The number of halogens is 3. The third kappa shape index (κ3) is 4.93. The van der Waals surface area contributed by atoms with Gasteiger partial charge in [0, 0.05) is 12.0 Å². The third-order valence-corrected chi connectivity index (χ3v) is 1.53. The Balaban J connectivity index is 4.09. The highest BCUT2D eigenvalue weighted by molar-refractivity contribution is 5.91. The lowest BCUT2D eigenvalue weighted by atomic mass is 10.0. The Bertz CT molecular complexity index is 181. The summed E-state index contributed by atoms with van der Waals surface area (Å²) in [4.78, 5) is 10.8. The maximum absolute atomic E-state index is 11.5. The van der Waals surface area contributed by atoms with Crippen LogP contribution in [0.25, 0.3) is 0 Å². The largest absolute Gasteiger partial charge is 0.409 e. The van der Waals surface area contributed by atoms with E-state index < -0.39 is 12.0 Å². The molecule has 0 spiro atoms. The van der Waals surface area contributed by atoms with Gasteiger partial charge in [0.1, 0.15) is 0 Å². The van der Waals surface area contributed by atoms with Gasteiger partial charge in [-0.05, 0) is 12.5 Å². The van der Waals surface area contributed by atoms with Crippen molar-refractivity contribution in [3.8, 4) is 0 Å². The molecule has 1 atom stereocenters. The lowest BCUT2D eigenvalue weighted by molar-refractivity contribution is -0.118. The number of ketones is 1. The summed E-state index contributed by atoms with van der Waals surface area (Å²) in [6.45, 7) is 3.35. The molecule has 0 saturated carbocycles. The number of hydrogen-bond acceptors (Lipinski definition) is 1. The van der Waals surface area contributed by atoms with Crippen molar-refractivity contribution in [1.82, 2.24) is 0 Å². The molecule has 0 aliphatic heterocycles. The molecule has 4 heteroatoms. The first-order valence-electron chi connectivity index (χ1n) is 3.66. The van der Waals surface area contributed by atoms with Crippen LogP contribution in [0.2, 0.25) is 0 Å². The van der Waals surface area contributed by atoms with Crippen LogP contribution >= 0.6 is 0 Å². The maximum atomic E-state index is 11.5. The highest BCUT2D eigenvalue weighted by Gasteiger charge is 2.22. The molecule has 0 amide bonds. The molecular weight excluding hydrogens is 169 g/mol. The minimum atomic E-state index is -4.39. The average molecular weight is 180 g/mol. The molecule has 12 heavy (non-hydrogen) atoms. The lowest BCUT2D eigenvalue weighted by Gasteiger charge is -2.02. The van der Waals surface area contributed by atoms with Crippen molar-refractivity contribution in [3.63, 3.8) is 0 Å². The normalized spacial score (nSPS) is 15.1. The fourth-order valence-corrected chi connectivity index (χ4v) is 0.542. The fourth-order valence-electron chi connectivity index (χ4n) is 0.542. The Morgan fingerprint density at radius 1 is 1.50 bits per heavy atom. The van der Waals surface area contributed by atoms with Gasteiger partial charge in [0.25, 0.3) is 0 Å². The van der Waals surface area contributed by atoms with Gasteiger partial charge in [-0.15, -0.1) is 0 Å². The zero-order chi connectivity index (χ0) is 9.78. The summed E-state index contributed by atoms with van der Waals surface area (Å²) in [6.07, 6.45) is -3.26. The summed E-state index contributed by atoms with van der Waals surface area (Å²) in [7, 11) is 0. The van der Waals surface area contributed by atoms with E-state index in [1.54, 1.807) is 13.8 Å². The van der Waals surface area contributed by atoms with Crippen molar-refractivity contribution >= 4 is 5.78 Å². The van der Waals surface area contributed by atoms with E-state index in [9.17, 15) is 18.0 Å². The van der Waals surface area contributed by atoms with Crippen molar-refractivity contribution in [1.29, 1.82) is 0 Å². The van der Waals surface area contributed by atoms with Crippen LogP contribution in [-0.4, -0.2) is 12.0 Å². The Labute approximate surface area is 69.3 Å². The number of allylic oxidation sites excluding steroid dienone is 2. The molecule has 0 radical (unpaired) electrons. The molecule has 1 nitrogen and oxygen atoms in total. The van der Waals surface area contributed by atoms with E-state index in [-0.39, 0.29) is 12.0 Å². The van der Waals surface area contributed by atoms with Gasteiger partial charge in [-0.1, -0.05) is 13.8 Å². The molecule has 0 aliphatic carbocycles. The molecule has 0 fully saturated rings. The highest BCUT2D eigenvalue weighted by Crippen LogP contribution is 2.16. The molecule has 0 aromatic heterocycles. The van der Waals surface area contributed by atoms with Crippen LogP contribution in [0.4, 0.5) is 13.2 Å². The maximum Gasteiger partial charge on any atom is 0.409 e. The first-order valence-corrected chi connectivity index (χ1v) is 3.66. The number of carbonyl (C=O) groups is 1. The van der Waals surface area contributed by atoms with Gasteiger partial charge in [0.15, 0.2) is 5.78 Å². The summed E-state index contributed by atoms with van der Waals surface area (Å²) in [5.74, 6) is -0.807. The quantitative estimate of drug-likeness (QED) is 0.610. The summed E-state index contributed by atoms with van der Waals surface area (Å²) in [5.41, 5.74) is 0. The van der Waals surface area contributed by atoms with Gasteiger partial charge in [0.2, 0.25) is 0 Å². The van der Waals surface area contributed by atoms with Crippen LogP contribution in [0.1, 0.15) is 20.3 Å². The molecule has 1 unspecified atom stereocenters. The van der Waals surface area contributed by atoms with Crippen molar-refractivity contribution in [2.75, 3.05) is 0 Å². The van der Waals surface area contributed by atoms with Crippen molar-refractivity contribution in [2.45, 2.75) is 26.4 Å². The number of hydrogen-bond donors (Lipinski definition) is 0. The molecule has 0 N–H and O–H groups in total. The molecular formula is C8H11F3O. The predicted octanol–water partition coefficient (Wildman–Crippen LogP) is 2.72. The minimum Gasteiger partial charge on any atom is -0.295 e. The van der Waals surface area contributed by atoms with Crippen LogP contribution in [0.5, 0.6) is 0 Å². The summed E-state index contributed by atoms with van der Waals surface area (Å²) >= 11 is 0. The van der Waals surface area contributed by atoms with Gasteiger partial charge in [-0.25, -0.2) is 0 Å². The van der Waals surface area contributed by atoms with Crippen molar-refractivity contribution in [3.05, 3.63) is 12.2 Å². The summed E-state index contributed by atoms with van der Waals surface area (Å²) in [6, 6.07) is 0. The zero-order valence-corrected chi connectivity index (χ0v) is 6.98. The smallest absolute Gasteiger partial charge is 0.295 e. The van der Waals surface area contributed by atoms with Gasteiger partial charge in [-0.3, -0.25) is 4.79 Å². The van der Waals surface area contributed by atoms with E-state index in [0.717, 1.165) is 0 Å². The number of alkyl halides is 3. The molecule has 0 heterocycles. The van der Waals surface area contributed by atoms with E-state index in [4.69, 9.17) is 0 Å². The van der Waals surface area contributed by atoms with Crippen LogP contribution in [0.15, 0.2) is 12.2 Å². The van der Waals surface area contributed by atoms with E-state index in [0.29, 0.717) is 12.5 Å². The van der Waals surface area contributed by atoms with E-state index in [1.165, 1.54) is 0 Å². The Kier molecular flexibility index (Phi) is 4.00. The van der Waals surface area contributed by atoms with Crippen molar-refractivity contribution in [2.24, 2.45) is 5.92 Å². The van der Waals surface area contributed by atoms with E-state index in [2.05, 4.69) is 0 Å². The van der Waals surface area contributed by atoms with Gasteiger partial charge in [-0.2, -0.15) is 13.2 Å². The van der Waals surface area contributed by atoms with Crippen LogP contribution < -0.4 is 0 Å². The molecule has 70 valence electrons. The second-order valence-corrected chi connectivity index (χ2v) is 2.59. The van der Waals surface area contributed by atoms with Crippen LogP contribution in [0, 0.1) is 5.92 Å². The molecule has 0 aliphatic rings. The Hall–Kier alpha value is -0.800. The molecule has 0 aromatic carbocycles. The molecule has 0 aromatic rings. The highest BCUT2D eigenvalue weighted by atomic mass is 19.4. The second kappa shape index (κ2) is 4.28. The molecule has 0 saturated heterocycles. The fraction of sp³-hybridized carbons (Fsp3) is 0.625.